The SMILES string of the molecule is CCn1c(-c2cnc(C)s2)nnc1S(=O)(=O)Cl. The first-order valence-corrected chi connectivity index (χ1v) is 7.86. The highest BCUT2D eigenvalue weighted by atomic mass is 35.7. The molecule has 0 aliphatic rings. The van der Waals surface area contributed by atoms with E-state index < -0.39 is 9.05 Å². The lowest BCUT2D eigenvalue weighted by molar-refractivity contribution is 0.583. The summed E-state index contributed by atoms with van der Waals surface area (Å²) in [4.78, 5) is 4.86. The van der Waals surface area contributed by atoms with Crippen LogP contribution in [-0.4, -0.2) is 28.2 Å². The molecule has 0 unspecified atom stereocenters. The molecule has 6 nitrogen and oxygen atoms in total. The van der Waals surface area contributed by atoms with Crippen LogP contribution in [0, 0.1) is 6.92 Å². The fourth-order valence-corrected chi connectivity index (χ4v) is 3.13. The summed E-state index contributed by atoms with van der Waals surface area (Å²) in [6, 6.07) is 0. The van der Waals surface area contributed by atoms with Crippen molar-refractivity contribution in [2.45, 2.75) is 25.5 Å². The highest BCUT2D eigenvalue weighted by molar-refractivity contribution is 8.13. The maximum absolute atomic E-state index is 11.3. The lowest BCUT2D eigenvalue weighted by Crippen LogP contribution is -2.05. The van der Waals surface area contributed by atoms with Crippen molar-refractivity contribution in [1.82, 2.24) is 19.7 Å². The Morgan fingerprint density at radius 3 is 2.65 bits per heavy atom. The summed E-state index contributed by atoms with van der Waals surface area (Å²) in [6.07, 6.45) is 1.64. The molecule has 0 saturated heterocycles. The molecule has 0 atom stereocenters. The summed E-state index contributed by atoms with van der Waals surface area (Å²) in [6.45, 7) is 4.08. The van der Waals surface area contributed by atoms with Gasteiger partial charge in [0.2, 0.25) is 0 Å². The lowest BCUT2D eigenvalue weighted by Gasteiger charge is -2.02. The van der Waals surface area contributed by atoms with Crippen molar-refractivity contribution in [1.29, 1.82) is 0 Å². The van der Waals surface area contributed by atoms with Gasteiger partial charge in [-0.25, -0.2) is 13.4 Å². The van der Waals surface area contributed by atoms with E-state index in [0.29, 0.717) is 12.4 Å². The molecule has 9 heteroatoms. The minimum atomic E-state index is -3.88. The third-order valence-electron chi connectivity index (χ3n) is 2.09. The molecule has 0 N–H and O–H groups in total. The van der Waals surface area contributed by atoms with Gasteiger partial charge in [0, 0.05) is 23.4 Å². The number of nitrogens with zero attached hydrogens (tertiary/aromatic N) is 4. The molecule has 92 valence electrons. The van der Waals surface area contributed by atoms with Crippen LogP contribution in [0.5, 0.6) is 0 Å². The minimum absolute atomic E-state index is 0.234. The van der Waals surface area contributed by atoms with Crippen LogP contribution in [0.3, 0.4) is 0 Å². The zero-order valence-electron chi connectivity index (χ0n) is 9.08. The van der Waals surface area contributed by atoms with Gasteiger partial charge in [-0.2, -0.15) is 0 Å². The number of aromatic nitrogens is 4. The Bertz CT molecular complexity index is 646. The Labute approximate surface area is 107 Å². The molecular weight excluding hydrogens is 284 g/mol. The predicted molar refractivity (Wildman–Crippen MR) is 64.6 cm³/mol. The monoisotopic (exact) mass is 292 g/mol. The molecular formula is C8H9ClN4O2S2. The van der Waals surface area contributed by atoms with Crippen molar-refractivity contribution in [2.24, 2.45) is 0 Å². The van der Waals surface area contributed by atoms with Crippen molar-refractivity contribution < 1.29 is 8.42 Å². The topological polar surface area (TPSA) is 77.7 Å². The minimum Gasteiger partial charge on any atom is -0.296 e. The van der Waals surface area contributed by atoms with Gasteiger partial charge in [0.05, 0.1) is 9.88 Å². The number of halogens is 1. The van der Waals surface area contributed by atoms with Crippen molar-refractivity contribution in [3.8, 4) is 10.7 Å². The van der Waals surface area contributed by atoms with E-state index in [9.17, 15) is 8.42 Å². The number of aryl methyl sites for hydroxylation is 1. The van der Waals surface area contributed by atoms with Gasteiger partial charge >= 0.3 is 0 Å². The zero-order valence-corrected chi connectivity index (χ0v) is 11.5. The molecule has 0 aliphatic heterocycles. The molecule has 2 aromatic heterocycles. The van der Waals surface area contributed by atoms with Gasteiger partial charge in [-0.3, -0.25) is 4.57 Å². The smallest absolute Gasteiger partial charge is 0.296 e. The van der Waals surface area contributed by atoms with Crippen molar-refractivity contribution >= 4 is 31.1 Å². The van der Waals surface area contributed by atoms with Gasteiger partial charge in [0.15, 0.2) is 5.82 Å². The van der Waals surface area contributed by atoms with Crippen LogP contribution >= 0.6 is 22.0 Å². The molecule has 0 aromatic carbocycles. The second-order valence-corrected chi connectivity index (χ2v) is 6.93. The molecule has 2 rings (SSSR count). The van der Waals surface area contributed by atoms with E-state index in [1.807, 2.05) is 6.92 Å². The van der Waals surface area contributed by atoms with Crippen molar-refractivity contribution in [3.63, 3.8) is 0 Å². The van der Waals surface area contributed by atoms with Gasteiger partial charge in [-0.1, -0.05) is 0 Å². The Morgan fingerprint density at radius 2 is 2.18 bits per heavy atom. The van der Waals surface area contributed by atoms with Crippen molar-refractivity contribution in [3.05, 3.63) is 11.2 Å². The highest BCUT2D eigenvalue weighted by Gasteiger charge is 2.23. The third kappa shape index (κ3) is 2.33. The Kier molecular flexibility index (Phi) is 3.19. The molecule has 17 heavy (non-hydrogen) atoms. The molecule has 0 saturated carbocycles. The van der Waals surface area contributed by atoms with Crippen LogP contribution in [0.15, 0.2) is 11.4 Å². The van der Waals surface area contributed by atoms with E-state index in [2.05, 4.69) is 15.2 Å². The maximum atomic E-state index is 11.3. The zero-order chi connectivity index (χ0) is 12.6. The number of hydrogen-bond donors (Lipinski definition) is 0. The van der Waals surface area contributed by atoms with E-state index >= 15 is 0 Å². The average molecular weight is 293 g/mol. The van der Waals surface area contributed by atoms with Gasteiger partial charge in [0.25, 0.3) is 14.2 Å². The van der Waals surface area contributed by atoms with E-state index in [4.69, 9.17) is 10.7 Å². The van der Waals surface area contributed by atoms with Crippen LogP contribution in [0.25, 0.3) is 10.7 Å². The summed E-state index contributed by atoms with van der Waals surface area (Å²) >= 11 is 1.42. The fraction of sp³-hybridized carbons (Fsp3) is 0.375. The Hall–Kier alpha value is -0.990. The summed E-state index contributed by atoms with van der Waals surface area (Å²) in [5, 5.41) is 8.11. The predicted octanol–water partition coefficient (Wildman–Crippen LogP) is 1.66. The van der Waals surface area contributed by atoms with Crippen LogP contribution in [0.4, 0.5) is 0 Å². The maximum Gasteiger partial charge on any atom is 0.296 e. The Balaban J connectivity index is 2.61. The third-order valence-corrected chi connectivity index (χ3v) is 4.15. The largest absolute Gasteiger partial charge is 0.296 e. The molecule has 2 aromatic rings. The normalized spacial score (nSPS) is 11.9. The molecule has 0 amide bonds. The van der Waals surface area contributed by atoms with Crippen molar-refractivity contribution in [2.75, 3.05) is 0 Å². The summed E-state index contributed by atoms with van der Waals surface area (Å²) in [7, 11) is 1.40. The molecule has 0 aliphatic carbocycles. The Morgan fingerprint density at radius 1 is 1.47 bits per heavy atom. The molecule has 0 fully saturated rings. The fourth-order valence-electron chi connectivity index (χ4n) is 1.40. The number of hydrogen-bond acceptors (Lipinski definition) is 6. The van der Waals surface area contributed by atoms with E-state index in [1.54, 1.807) is 13.1 Å². The second kappa shape index (κ2) is 4.35. The van der Waals surface area contributed by atoms with Gasteiger partial charge in [-0.05, 0) is 13.8 Å². The van der Waals surface area contributed by atoms with Gasteiger partial charge in [-0.15, -0.1) is 21.5 Å². The van der Waals surface area contributed by atoms with E-state index in [0.717, 1.165) is 9.88 Å². The second-order valence-electron chi connectivity index (χ2n) is 3.23. The number of rotatable bonds is 3. The average Bonchev–Trinajstić information content (AvgIpc) is 2.81. The first-order chi connectivity index (χ1) is 7.93. The lowest BCUT2D eigenvalue weighted by atomic mass is 10.5. The van der Waals surface area contributed by atoms with Gasteiger partial charge < -0.3 is 0 Å². The molecule has 0 radical (unpaired) electrons. The molecule has 0 spiro atoms. The summed E-state index contributed by atoms with van der Waals surface area (Å²) in [5.74, 6) is 0.470. The van der Waals surface area contributed by atoms with Gasteiger partial charge in [0.1, 0.15) is 0 Å². The van der Waals surface area contributed by atoms with E-state index in [-0.39, 0.29) is 5.16 Å². The first kappa shape index (κ1) is 12.5. The molecule has 2 heterocycles. The quantitative estimate of drug-likeness (QED) is 0.804. The van der Waals surface area contributed by atoms with Crippen LogP contribution in [0.1, 0.15) is 11.9 Å². The van der Waals surface area contributed by atoms with Crippen LogP contribution in [-0.2, 0) is 15.6 Å². The summed E-state index contributed by atoms with van der Waals surface area (Å²) < 4.78 is 24.0. The van der Waals surface area contributed by atoms with E-state index in [1.165, 1.54) is 15.9 Å². The standard InChI is InChI=1S/C8H9ClN4O2S2/c1-3-13-7(6-4-10-5(2)16-6)11-12-8(13)17(9,14)15/h4H,3H2,1-2H3. The molecule has 0 bridgehead atoms. The summed E-state index contributed by atoms with van der Waals surface area (Å²) in [5.41, 5.74) is 0. The van der Waals surface area contributed by atoms with Crippen LogP contribution < -0.4 is 0 Å². The van der Waals surface area contributed by atoms with Crippen LogP contribution in [0.2, 0.25) is 0 Å². The first-order valence-electron chi connectivity index (χ1n) is 4.74. The number of thiazole rings is 1. The highest BCUT2D eigenvalue weighted by Crippen LogP contribution is 2.26.